The number of piperazine rings is 1. The lowest BCUT2D eigenvalue weighted by molar-refractivity contribution is 0.0741. The van der Waals surface area contributed by atoms with Gasteiger partial charge in [-0.05, 0) is 48.5 Å². The number of carbonyl (C=O) groups is 1. The Hall–Kier alpha value is -3.02. The van der Waals surface area contributed by atoms with Gasteiger partial charge in [0.1, 0.15) is 10.7 Å². The van der Waals surface area contributed by atoms with Crippen molar-refractivity contribution in [3.63, 3.8) is 0 Å². The van der Waals surface area contributed by atoms with Gasteiger partial charge in [0.2, 0.25) is 5.82 Å². The molecule has 3 aromatic heterocycles. The van der Waals surface area contributed by atoms with E-state index in [9.17, 15) is 4.79 Å². The van der Waals surface area contributed by atoms with Gasteiger partial charge in [0, 0.05) is 42.3 Å². The zero-order valence-corrected chi connectivity index (χ0v) is 24.7. The lowest BCUT2D eigenvalue weighted by Crippen LogP contribution is -2.48. The predicted molar refractivity (Wildman–Crippen MR) is 160 cm³/mol. The van der Waals surface area contributed by atoms with E-state index in [0.29, 0.717) is 56.3 Å². The standard InChI is InChI=1S/C27H21Cl3N6O2S2/c28-17-3-1-4-18(13-17)34-8-10-35(11-9-34)26(37)22-15-39-24(31-22)16-40-27-33-32-25(23-5-2-12-38-23)36(27)19-6-7-20(29)21(30)14-19/h1-7,12-15H,8-11,16H2. The maximum absolute atomic E-state index is 13.2. The number of amides is 1. The number of carbonyl (C=O) groups excluding carboxylic acids is 1. The summed E-state index contributed by atoms with van der Waals surface area (Å²) in [7, 11) is 0. The van der Waals surface area contributed by atoms with Crippen molar-refractivity contribution in [2.24, 2.45) is 0 Å². The van der Waals surface area contributed by atoms with Crippen molar-refractivity contribution in [1.82, 2.24) is 24.6 Å². The first-order chi connectivity index (χ1) is 19.5. The lowest BCUT2D eigenvalue weighted by atomic mass is 10.2. The van der Waals surface area contributed by atoms with Crippen molar-refractivity contribution < 1.29 is 9.21 Å². The van der Waals surface area contributed by atoms with E-state index in [-0.39, 0.29) is 5.91 Å². The smallest absolute Gasteiger partial charge is 0.273 e. The van der Waals surface area contributed by atoms with Gasteiger partial charge in [0.05, 0.1) is 27.7 Å². The molecule has 1 fully saturated rings. The summed E-state index contributed by atoms with van der Waals surface area (Å²) in [5, 5.41) is 13.6. The minimum Gasteiger partial charge on any atom is -0.461 e. The van der Waals surface area contributed by atoms with E-state index in [1.165, 1.54) is 23.1 Å². The van der Waals surface area contributed by atoms with Crippen LogP contribution in [0.15, 0.2) is 75.8 Å². The van der Waals surface area contributed by atoms with Gasteiger partial charge in [-0.25, -0.2) is 4.98 Å². The van der Waals surface area contributed by atoms with Crippen LogP contribution in [0, 0.1) is 0 Å². The van der Waals surface area contributed by atoms with Crippen molar-refractivity contribution in [2.45, 2.75) is 10.9 Å². The van der Waals surface area contributed by atoms with Crippen LogP contribution in [0.2, 0.25) is 15.1 Å². The topological polar surface area (TPSA) is 80.3 Å². The number of thioether (sulfide) groups is 1. The molecular weight excluding hydrogens is 611 g/mol. The highest BCUT2D eigenvalue weighted by Gasteiger charge is 2.25. The largest absolute Gasteiger partial charge is 0.461 e. The molecular formula is C27H21Cl3N6O2S2. The molecule has 2 aromatic carbocycles. The van der Waals surface area contributed by atoms with E-state index in [0.717, 1.165) is 29.5 Å². The summed E-state index contributed by atoms with van der Waals surface area (Å²) in [5.41, 5.74) is 2.27. The normalized spacial score (nSPS) is 13.7. The van der Waals surface area contributed by atoms with Crippen molar-refractivity contribution in [2.75, 3.05) is 31.1 Å². The molecule has 0 aliphatic carbocycles. The molecule has 204 valence electrons. The molecule has 5 aromatic rings. The quantitative estimate of drug-likeness (QED) is 0.176. The second kappa shape index (κ2) is 11.8. The summed E-state index contributed by atoms with van der Waals surface area (Å²) >= 11 is 21.5. The third-order valence-electron chi connectivity index (χ3n) is 6.37. The van der Waals surface area contributed by atoms with Crippen molar-refractivity contribution in [3.8, 4) is 17.3 Å². The first-order valence-corrected chi connectivity index (χ1v) is 15.3. The highest BCUT2D eigenvalue weighted by atomic mass is 35.5. The number of halogens is 3. The molecule has 1 aliphatic heterocycles. The van der Waals surface area contributed by atoms with Gasteiger partial charge in [-0.1, -0.05) is 52.6 Å². The number of anilines is 1. The number of rotatable bonds is 7. The second-order valence-electron chi connectivity index (χ2n) is 8.89. The molecule has 40 heavy (non-hydrogen) atoms. The van der Waals surface area contributed by atoms with Crippen LogP contribution < -0.4 is 4.90 Å². The minimum atomic E-state index is -0.0580. The predicted octanol–water partition coefficient (Wildman–Crippen LogP) is 7.20. The second-order valence-corrected chi connectivity index (χ2v) is 12.0. The Morgan fingerprint density at radius 3 is 2.55 bits per heavy atom. The van der Waals surface area contributed by atoms with Gasteiger partial charge in [-0.15, -0.1) is 21.5 Å². The van der Waals surface area contributed by atoms with Crippen LogP contribution in [0.4, 0.5) is 5.69 Å². The fourth-order valence-corrected chi connectivity index (χ4v) is 6.60. The summed E-state index contributed by atoms with van der Waals surface area (Å²) in [6.07, 6.45) is 1.58. The number of benzene rings is 2. The van der Waals surface area contributed by atoms with E-state index < -0.39 is 0 Å². The molecule has 0 radical (unpaired) electrons. The van der Waals surface area contributed by atoms with Gasteiger partial charge in [0.15, 0.2) is 10.9 Å². The van der Waals surface area contributed by atoms with Gasteiger partial charge >= 0.3 is 0 Å². The van der Waals surface area contributed by atoms with E-state index in [4.69, 9.17) is 39.2 Å². The molecule has 6 rings (SSSR count). The van der Waals surface area contributed by atoms with E-state index in [2.05, 4.69) is 20.1 Å². The average Bonchev–Trinajstić information content (AvgIpc) is 3.74. The SMILES string of the molecule is O=C(c1csc(CSc2nnc(-c3ccco3)n2-c2ccc(Cl)c(Cl)c2)n1)N1CCN(c2cccc(Cl)c2)CC1. The summed E-state index contributed by atoms with van der Waals surface area (Å²) in [5.74, 6) is 1.57. The monoisotopic (exact) mass is 630 g/mol. The summed E-state index contributed by atoms with van der Waals surface area (Å²) < 4.78 is 7.45. The van der Waals surface area contributed by atoms with Crippen LogP contribution in [0.5, 0.6) is 0 Å². The van der Waals surface area contributed by atoms with Crippen LogP contribution in [0.25, 0.3) is 17.3 Å². The maximum atomic E-state index is 13.2. The molecule has 8 nitrogen and oxygen atoms in total. The zero-order valence-electron chi connectivity index (χ0n) is 20.8. The van der Waals surface area contributed by atoms with Gasteiger partial charge in [0.25, 0.3) is 5.91 Å². The molecule has 0 spiro atoms. The van der Waals surface area contributed by atoms with Crippen molar-refractivity contribution in [1.29, 1.82) is 0 Å². The Labute approximate surface area is 253 Å². The molecule has 1 amide bonds. The average molecular weight is 632 g/mol. The lowest BCUT2D eigenvalue weighted by Gasteiger charge is -2.35. The molecule has 13 heteroatoms. The summed E-state index contributed by atoms with van der Waals surface area (Å²) in [6, 6.07) is 16.7. The zero-order chi connectivity index (χ0) is 27.6. The highest BCUT2D eigenvalue weighted by Crippen LogP contribution is 2.33. The van der Waals surface area contributed by atoms with Gasteiger partial charge < -0.3 is 14.2 Å². The Kier molecular flexibility index (Phi) is 8.04. The van der Waals surface area contributed by atoms with Crippen molar-refractivity contribution >= 4 is 69.5 Å². The number of furan rings is 1. The number of aromatic nitrogens is 4. The Bertz CT molecular complexity index is 1650. The fraction of sp³-hybridized carbons (Fsp3) is 0.185. The van der Waals surface area contributed by atoms with Crippen LogP contribution in [0.1, 0.15) is 15.5 Å². The first kappa shape index (κ1) is 27.2. The molecule has 4 heterocycles. The first-order valence-electron chi connectivity index (χ1n) is 12.3. The third kappa shape index (κ3) is 5.73. The number of hydrogen-bond acceptors (Lipinski definition) is 8. The number of nitrogens with zero attached hydrogens (tertiary/aromatic N) is 6. The fourth-order valence-electron chi connectivity index (χ4n) is 4.39. The Balaban J connectivity index is 1.14. The summed E-state index contributed by atoms with van der Waals surface area (Å²) in [4.78, 5) is 21.9. The van der Waals surface area contributed by atoms with Crippen LogP contribution >= 0.6 is 57.9 Å². The van der Waals surface area contributed by atoms with E-state index in [1.54, 1.807) is 24.5 Å². The van der Waals surface area contributed by atoms with Crippen LogP contribution in [-0.4, -0.2) is 56.7 Å². The molecule has 0 bridgehead atoms. The molecule has 1 aliphatic rings. The third-order valence-corrected chi connectivity index (χ3v) is 9.32. The molecule has 0 saturated carbocycles. The molecule has 0 unspecified atom stereocenters. The van der Waals surface area contributed by atoms with Gasteiger partial charge in [-0.3, -0.25) is 9.36 Å². The Morgan fingerprint density at radius 2 is 1.80 bits per heavy atom. The van der Waals surface area contributed by atoms with E-state index >= 15 is 0 Å². The molecule has 1 saturated heterocycles. The highest BCUT2D eigenvalue weighted by molar-refractivity contribution is 7.98. The molecule has 0 N–H and O–H groups in total. The minimum absolute atomic E-state index is 0.0580. The molecule has 0 atom stereocenters. The Morgan fingerprint density at radius 1 is 0.950 bits per heavy atom. The van der Waals surface area contributed by atoms with Gasteiger partial charge in [-0.2, -0.15) is 0 Å². The van der Waals surface area contributed by atoms with Crippen LogP contribution in [-0.2, 0) is 5.75 Å². The van der Waals surface area contributed by atoms with Crippen molar-refractivity contribution in [3.05, 3.63) is 92.0 Å². The number of thiazole rings is 1. The van der Waals surface area contributed by atoms with E-state index in [1.807, 2.05) is 51.2 Å². The van der Waals surface area contributed by atoms with Crippen LogP contribution in [0.3, 0.4) is 0 Å². The summed E-state index contributed by atoms with van der Waals surface area (Å²) in [6.45, 7) is 2.72. The number of hydrogen-bond donors (Lipinski definition) is 0. The maximum Gasteiger partial charge on any atom is 0.273 e.